The third kappa shape index (κ3) is 3.33. The van der Waals surface area contributed by atoms with E-state index in [-0.39, 0.29) is 18.6 Å². The van der Waals surface area contributed by atoms with Crippen molar-refractivity contribution in [3.63, 3.8) is 0 Å². The van der Waals surface area contributed by atoms with Gasteiger partial charge in [0.25, 0.3) is 0 Å². The molecule has 0 radical (unpaired) electrons. The molecule has 6 rings (SSSR count). The van der Waals surface area contributed by atoms with Crippen molar-refractivity contribution in [2.75, 3.05) is 12.1 Å². The van der Waals surface area contributed by atoms with Crippen LogP contribution in [0, 0.1) is 11.8 Å². The summed E-state index contributed by atoms with van der Waals surface area (Å²) in [6.07, 6.45) is 0.913. The minimum Gasteiger partial charge on any atom is -0.454 e. The number of hydrogen-bond donors (Lipinski definition) is 1. The third-order valence-corrected chi connectivity index (χ3v) is 6.03. The lowest BCUT2D eigenvalue weighted by Crippen LogP contribution is -2.15. The van der Waals surface area contributed by atoms with Crippen molar-refractivity contribution in [1.82, 2.24) is 20.0 Å². The van der Waals surface area contributed by atoms with Gasteiger partial charge in [0.05, 0.1) is 17.6 Å². The SMILES string of the molecule is CC1CC1C(=O)Nc1nn(Cc2ccccc2)c2nnc(-c3ccc4c(c3)OCO4)cc12. The number of fused-ring (bicyclic) bond motifs is 2. The van der Waals surface area contributed by atoms with Gasteiger partial charge >= 0.3 is 0 Å². The molecular formula is C24H21N5O3. The Morgan fingerprint density at radius 1 is 1.09 bits per heavy atom. The van der Waals surface area contributed by atoms with E-state index >= 15 is 0 Å². The van der Waals surface area contributed by atoms with Gasteiger partial charge in [-0.3, -0.25) is 4.79 Å². The van der Waals surface area contributed by atoms with Crippen molar-refractivity contribution >= 4 is 22.8 Å². The summed E-state index contributed by atoms with van der Waals surface area (Å²) in [5.74, 6) is 2.37. The van der Waals surface area contributed by atoms with Crippen LogP contribution in [0.5, 0.6) is 11.5 Å². The summed E-state index contributed by atoms with van der Waals surface area (Å²) < 4.78 is 12.7. The average Bonchev–Trinajstić information content (AvgIpc) is 3.23. The summed E-state index contributed by atoms with van der Waals surface area (Å²) in [4.78, 5) is 12.7. The Morgan fingerprint density at radius 3 is 2.72 bits per heavy atom. The number of rotatable bonds is 5. The van der Waals surface area contributed by atoms with Gasteiger partial charge in [0, 0.05) is 11.5 Å². The van der Waals surface area contributed by atoms with Gasteiger partial charge in [-0.1, -0.05) is 37.3 Å². The second-order valence-electron chi connectivity index (χ2n) is 8.34. The Hall–Kier alpha value is -3.94. The van der Waals surface area contributed by atoms with E-state index in [1.54, 1.807) is 4.68 Å². The van der Waals surface area contributed by atoms with E-state index in [2.05, 4.69) is 27.5 Å². The molecule has 0 saturated heterocycles. The number of carbonyl (C=O) groups excluding carboxylic acids is 1. The largest absolute Gasteiger partial charge is 0.454 e. The summed E-state index contributed by atoms with van der Waals surface area (Å²) in [5, 5.41) is 17.4. The highest BCUT2D eigenvalue weighted by atomic mass is 16.7. The van der Waals surface area contributed by atoms with Crippen LogP contribution >= 0.6 is 0 Å². The fourth-order valence-corrected chi connectivity index (χ4v) is 4.02. The molecule has 1 saturated carbocycles. The van der Waals surface area contributed by atoms with Crippen LogP contribution in [0.15, 0.2) is 54.6 Å². The maximum atomic E-state index is 12.7. The number of anilines is 1. The van der Waals surface area contributed by atoms with Gasteiger partial charge in [-0.05, 0) is 42.2 Å². The van der Waals surface area contributed by atoms with Gasteiger partial charge < -0.3 is 14.8 Å². The number of aromatic nitrogens is 4. The zero-order chi connectivity index (χ0) is 21.7. The summed E-state index contributed by atoms with van der Waals surface area (Å²) in [5.41, 5.74) is 3.24. The molecule has 160 valence electrons. The molecule has 1 aliphatic heterocycles. The van der Waals surface area contributed by atoms with Crippen LogP contribution in [0.1, 0.15) is 18.9 Å². The van der Waals surface area contributed by atoms with Gasteiger partial charge in [0.1, 0.15) is 0 Å². The molecule has 32 heavy (non-hydrogen) atoms. The Labute approximate surface area is 184 Å². The molecule has 1 amide bonds. The summed E-state index contributed by atoms with van der Waals surface area (Å²) >= 11 is 0. The maximum absolute atomic E-state index is 12.7. The minimum atomic E-state index is 0.00482. The summed E-state index contributed by atoms with van der Waals surface area (Å²) in [6.45, 7) is 2.83. The van der Waals surface area contributed by atoms with E-state index in [1.165, 1.54) is 0 Å². The highest BCUT2D eigenvalue weighted by molar-refractivity contribution is 6.01. The Morgan fingerprint density at radius 2 is 1.91 bits per heavy atom. The van der Waals surface area contributed by atoms with Crippen molar-refractivity contribution in [2.24, 2.45) is 11.8 Å². The average molecular weight is 427 g/mol. The molecule has 1 N–H and O–H groups in total. The zero-order valence-corrected chi connectivity index (χ0v) is 17.5. The number of ether oxygens (including phenoxy) is 2. The van der Waals surface area contributed by atoms with E-state index < -0.39 is 0 Å². The van der Waals surface area contributed by atoms with E-state index in [0.717, 1.165) is 22.9 Å². The molecule has 4 aromatic rings. The Bertz CT molecular complexity index is 1330. The first-order valence-corrected chi connectivity index (χ1v) is 10.6. The van der Waals surface area contributed by atoms with E-state index in [1.807, 2.05) is 54.6 Å². The Balaban J connectivity index is 1.41. The number of hydrogen-bond acceptors (Lipinski definition) is 6. The molecule has 8 nitrogen and oxygen atoms in total. The van der Waals surface area contributed by atoms with Crippen molar-refractivity contribution in [1.29, 1.82) is 0 Å². The molecule has 0 bridgehead atoms. The quantitative estimate of drug-likeness (QED) is 0.520. The van der Waals surface area contributed by atoms with Crippen molar-refractivity contribution in [2.45, 2.75) is 19.9 Å². The monoisotopic (exact) mass is 427 g/mol. The lowest BCUT2D eigenvalue weighted by atomic mass is 10.1. The zero-order valence-electron chi connectivity index (χ0n) is 17.5. The normalized spacial score (nSPS) is 18.7. The molecule has 0 spiro atoms. The first kappa shape index (κ1) is 18.8. The molecule has 3 heterocycles. The van der Waals surface area contributed by atoms with Crippen molar-refractivity contribution in [3.05, 3.63) is 60.2 Å². The third-order valence-electron chi connectivity index (χ3n) is 6.03. The van der Waals surface area contributed by atoms with E-state index in [0.29, 0.717) is 41.1 Å². The second-order valence-corrected chi connectivity index (χ2v) is 8.34. The molecular weight excluding hydrogens is 406 g/mol. The first-order chi connectivity index (χ1) is 15.7. The molecule has 1 aliphatic carbocycles. The lowest BCUT2D eigenvalue weighted by Gasteiger charge is -2.04. The number of amides is 1. The predicted octanol–water partition coefficient (Wildman–Crippen LogP) is 3.86. The van der Waals surface area contributed by atoms with Crippen LogP contribution < -0.4 is 14.8 Å². The van der Waals surface area contributed by atoms with Gasteiger partial charge in [-0.2, -0.15) is 5.10 Å². The van der Waals surface area contributed by atoms with Crippen LogP contribution in [0.3, 0.4) is 0 Å². The standard InChI is InChI=1S/C24H21N5O3/c1-14-9-17(14)24(30)25-22-18-11-19(16-7-8-20-21(10-16)32-13-31-20)26-27-23(18)29(28-22)12-15-5-3-2-4-6-15/h2-8,10-11,14,17H,9,12-13H2,1H3,(H,25,28,30). The highest BCUT2D eigenvalue weighted by Crippen LogP contribution is 2.39. The molecule has 2 atom stereocenters. The van der Waals surface area contributed by atoms with Crippen LogP contribution in [-0.2, 0) is 11.3 Å². The number of nitrogens with one attached hydrogen (secondary N) is 1. The second kappa shape index (κ2) is 7.33. The Kier molecular flexibility index (Phi) is 4.31. The number of nitrogens with zero attached hydrogens (tertiary/aromatic N) is 4. The fourth-order valence-electron chi connectivity index (χ4n) is 4.02. The smallest absolute Gasteiger partial charge is 0.231 e. The van der Waals surface area contributed by atoms with Crippen molar-refractivity contribution in [3.8, 4) is 22.8 Å². The fraction of sp³-hybridized carbons (Fsp3) is 0.250. The van der Waals surface area contributed by atoms with E-state index in [4.69, 9.17) is 9.47 Å². The lowest BCUT2D eigenvalue weighted by molar-refractivity contribution is -0.117. The molecule has 2 unspecified atom stereocenters. The summed E-state index contributed by atoms with van der Waals surface area (Å²) in [6, 6.07) is 17.6. The first-order valence-electron chi connectivity index (χ1n) is 10.6. The topological polar surface area (TPSA) is 91.2 Å². The predicted molar refractivity (Wildman–Crippen MR) is 118 cm³/mol. The maximum Gasteiger partial charge on any atom is 0.231 e. The van der Waals surface area contributed by atoms with Crippen LogP contribution in [0.2, 0.25) is 0 Å². The van der Waals surface area contributed by atoms with E-state index in [9.17, 15) is 4.79 Å². The van der Waals surface area contributed by atoms with Crippen LogP contribution in [0.4, 0.5) is 5.82 Å². The summed E-state index contributed by atoms with van der Waals surface area (Å²) in [7, 11) is 0. The van der Waals surface area contributed by atoms with Crippen molar-refractivity contribution < 1.29 is 14.3 Å². The molecule has 8 heteroatoms. The number of benzene rings is 2. The van der Waals surface area contributed by atoms with Gasteiger partial charge in [0.15, 0.2) is 23.0 Å². The molecule has 1 fully saturated rings. The minimum absolute atomic E-state index is 0.00482. The number of carbonyl (C=O) groups is 1. The van der Waals surface area contributed by atoms with Gasteiger partial charge in [-0.25, -0.2) is 4.68 Å². The molecule has 2 aromatic heterocycles. The molecule has 2 aliphatic rings. The molecule has 2 aromatic carbocycles. The van der Waals surface area contributed by atoms with Crippen LogP contribution in [0.25, 0.3) is 22.3 Å². The highest BCUT2D eigenvalue weighted by Gasteiger charge is 2.39. The van der Waals surface area contributed by atoms with Gasteiger partial charge in [-0.15, -0.1) is 10.2 Å². The van der Waals surface area contributed by atoms with Crippen LogP contribution in [-0.4, -0.2) is 32.7 Å². The van der Waals surface area contributed by atoms with Gasteiger partial charge in [0.2, 0.25) is 12.7 Å².